The summed E-state index contributed by atoms with van der Waals surface area (Å²) in [6, 6.07) is -1.01. The third-order valence-corrected chi connectivity index (χ3v) is 1.02. The van der Waals surface area contributed by atoms with Gasteiger partial charge in [-0.1, -0.05) is 0 Å². The highest BCUT2D eigenvalue weighted by Crippen LogP contribution is 2.02. The molecule has 2 nitrogen and oxygen atoms in total. The van der Waals surface area contributed by atoms with E-state index in [2.05, 4.69) is 11.8 Å². The van der Waals surface area contributed by atoms with Crippen LogP contribution in [0.25, 0.3) is 0 Å². The normalized spacial score (nSPS) is 12.5. The van der Waals surface area contributed by atoms with E-state index < -0.39 is 12.5 Å². The molecule has 4 heteroatoms. The highest BCUT2D eigenvalue weighted by molar-refractivity contribution is 4.98. The highest BCUT2D eigenvalue weighted by atomic mass is 19.3. The summed E-state index contributed by atoms with van der Waals surface area (Å²) in [6.45, 7) is 1.60. The van der Waals surface area contributed by atoms with Crippen molar-refractivity contribution < 1.29 is 8.78 Å². The monoisotopic (exact) mass is 148 g/mol. The predicted molar refractivity (Wildman–Crippen MR) is 35.2 cm³/mol. The van der Waals surface area contributed by atoms with Gasteiger partial charge >= 0.3 is 0 Å². The fourth-order valence-electron chi connectivity index (χ4n) is 0.433. The van der Waals surface area contributed by atoms with Gasteiger partial charge in [-0.3, -0.25) is 11.3 Å². The second-order valence-corrected chi connectivity index (χ2v) is 1.74. The molecule has 0 aromatic rings. The van der Waals surface area contributed by atoms with E-state index in [1.54, 1.807) is 6.92 Å². The average Bonchev–Trinajstić information content (AvgIpc) is 1.89. The predicted octanol–water partition coefficient (Wildman–Crippen LogP) is 0.497. The molecule has 0 radical (unpaired) electrons. The fraction of sp³-hybridized carbons (Fsp3) is 0.667. The Morgan fingerprint density at radius 3 is 2.50 bits per heavy atom. The lowest BCUT2D eigenvalue weighted by molar-refractivity contribution is 0.101. The van der Waals surface area contributed by atoms with Gasteiger partial charge in [-0.25, -0.2) is 8.78 Å². The first kappa shape index (κ1) is 9.34. The molecular formula is C6H10F2N2. The summed E-state index contributed by atoms with van der Waals surface area (Å²) in [6.07, 6.45) is -2.36. The molecule has 0 heterocycles. The van der Waals surface area contributed by atoms with Crippen LogP contribution in [0.5, 0.6) is 0 Å². The van der Waals surface area contributed by atoms with Gasteiger partial charge in [0, 0.05) is 6.42 Å². The minimum absolute atomic E-state index is 0.0880. The number of hydrazine groups is 1. The molecular weight excluding hydrogens is 138 g/mol. The zero-order chi connectivity index (χ0) is 7.98. The second-order valence-electron chi connectivity index (χ2n) is 1.74. The standard InChI is InChI=1S/C6H10F2N2/c1-2-3-4-5(10-9)6(7)8/h5-6,10H,4,9H2,1H3. The zero-order valence-electron chi connectivity index (χ0n) is 5.70. The maximum Gasteiger partial charge on any atom is 0.255 e. The molecule has 0 aliphatic heterocycles. The van der Waals surface area contributed by atoms with Crippen LogP contribution in [-0.4, -0.2) is 12.5 Å². The summed E-state index contributed by atoms with van der Waals surface area (Å²) >= 11 is 0. The summed E-state index contributed by atoms with van der Waals surface area (Å²) < 4.78 is 23.6. The van der Waals surface area contributed by atoms with Gasteiger partial charge in [-0.15, -0.1) is 11.8 Å². The molecule has 0 aromatic heterocycles. The van der Waals surface area contributed by atoms with Crippen molar-refractivity contribution in [2.45, 2.75) is 25.8 Å². The molecule has 1 atom stereocenters. The second kappa shape index (κ2) is 5.15. The Labute approximate surface area is 58.8 Å². The summed E-state index contributed by atoms with van der Waals surface area (Å²) in [4.78, 5) is 0. The van der Waals surface area contributed by atoms with E-state index in [4.69, 9.17) is 5.84 Å². The third-order valence-electron chi connectivity index (χ3n) is 1.02. The lowest BCUT2D eigenvalue weighted by Gasteiger charge is -2.09. The van der Waals surface area contributed by atoms with E-state index in [-0.39, 0.29) is 6.42 Å². The Hall–Kier alpha value is -0.660. The van der Waals surface area contributed by atoms with Crippen LogP contribution in [0.2, 0.25) is 0 Å². The highest BCUT2D eigenvalue weighted by Gasteiger charge is 2.16. The Balaban J connectivity index is 3.67. The van der Waals surface area contributed by atoms with E-state index >= 15 is 0 Å². The smallest absolute Gasteiger partial charge is 0.255 e. The number of alkyl halides is 2. The Morgan fingerprint density at radius 1 is 1.60 bits per heavy atom. The molecule has 0 aliphatic carbocycles. The van der Waals surface area contributed by atoms with Gasteiger partial charge in [-0.05, 0) is 6.92 Å². The van der Waals surface area contributed by atoms with Gasteiger partial charge < -0.3 is 0 Å². The third kappa shape index (κ3) is 3.38. The number of rotatable bonds is 3. The summed E-state index contributed by atoms with van der Waals surface area (Å²) in [5, 5.41) is 0. The number of hydrogen-bond acceptors (Lipinski definition) is 2. The zero-order valence-corrected chi connectivity index (χ0v) is 5.70. The van der Waals surface area contributed by atoms with Crippen molar-refractivity contribution in [1.29, 1.82) is 0 Å². The van der Waals surface area contributed by atoms with Gasteiger partial charge in [0.2, 0.25) is 0 Å². The molecule has 0 spiro atoms. The Kier molecular flexibility index (Phi) is 4.81. The molecule has 3 N–H and O–H groups in total. The molecule has 0 saturated heterocycles. The molecule has 0 fully saturated rings. The number of nitrogens with one attached hydrogen (secondary N) is 1. The summed E-state index contributed by atoms with van der Waals surface area (Å²) in [5.74, 6) is 9.83. The first-order valence-electron chi connectivity index (χ1n) is 2.86. The van der Waals surface area contributed by atoms with E-state index in [1.165, 1.54) is 0 Å². The van der Waals surface area contributed by atoms with Crippen LogP contribution in [0.1, 0.15) is 13.3 Å². The molecule has 58 valence electrons. The molecule has 0 bridgehead atoms. The number of hydrogen-bond donors (Lipinski definition) is 2. The Bertz CT molecular complexity index is 136. The number of nitrogens with two attached hydrogens (primary N) is 1. The SMILES string of the molecule is CC#CCC(NN)C(F)F. The van der Waals surface area contributed by atoms with Crippen LogP contribution in [-0.2, 0) is 0 Å². The molecule has 0 amide bonds. The van der Waals surface area contributed by atoms with Crippen molar-refractivity contribution >= 4 is 0 Å². The van der Waals surface area contributed by atoms with Crippen LogP contribution in [0.15, 0.2) is 0 Å². The van der Waals surface area contributed by atoms with E-state index in [1.807, 2.05) is 5.43 Å². The minimum Gasteiger partial charge on any atom is -0.271 e. The largest absolute Gasteiger partial charge is 0.271 e. The van der Waals surface area contributed by atoms with Crippen molar-refractivity contribution in [3.8, 4) is 11.8 Å². The van der Waals surface area contributed by atoms with Gasteiger partial charge in [0.15, 0.2) is 0 Å². The molecule has 0 aromatic carbocycles. The van der Waals surface area contributed by atoms with E-state index in [9.17, 15) is 8.78 Å². The first-order chi connectivity index (χ1) is 4.72. The van der Waals surface area contributed by atoms with Gasteiger partial charge in [-0.2, -0.15) is 0 Å². The van der Waals surface area contributed by atoms with Crippen molar-refractivity contribution in [3.05, 3.63) is 0 Å². The minimum atomic E-state index is -2.45. The summed E-state index contributed by atoms with van der Waals surface area (Å²) in [5.41, 5.74) is 1.98. The van der Waals surface area contributed by atoms with Crippen LogP contribution >= 0.6 is 0 Å². The van der Waals surface area contributed by atoms with Crippen LogP contribution in [0.3, 0.4) is 0 Å². The molecule has 1 unspecified atom stereocenters. The average molecular weight is 148 g/mol. The lowest BCUT2D eigenvalue weighted by Crippen LogP contribution is -2.40. The van der Waals surface area contributed by atoms with Crippen LogP contribution in [0, 0.1) is 11.8 Å². The van der Waals surface area contributed by atoms with Crippen LogP contribution in [0.4, 0.5) is 8.78 Å². The van der Waals surface area contributed by atoms with Gasteiger partial charge in [0.1, 0.15) is 0 Å². The van der Waals surface area contributed by atoms with Crippen LogP contribution < -0.4 is 11.3 Å². The molecule has 0 saturated carbocycles. The maximum absolute atomic E-state index is 11.8. The molecule has 0 aliphatic rings. The van der Waals surface area contributed by atoms with Crippen molar-refractivity contribution in [2.75, 3.05) is 0 Å². The summed E-state index contributed by atoms with van der Waals surface area (Å²) in [7, 11) is 0. The van der Waals surface area contributed by atoms with E-state index in [0.29, 0.717) is 0 Å². The quantitative estimate of drug-likeness (QED) is 0.347. The lowest BCUT2D eigenvalue weighted by atomic mass is 10.2. The number of halogens is 2. The Morgan fingerprint density at radius 2 is 2.20 bits per heavy atom. The van der Waals surface area contributed by atoms with Gasteiger partial charge in [0.25, 0.3) is 6.43 Å². The van der Waals surface area contributed by atoms with Crippen molar-refractivity contribution in [2.24, 2.45) is 5.84 Å². The molecule has 0 rings (SSSR count). The topological polar surface area (TPSA) is 38.0 Å². The van der Waals surface area contributed by atoms with Crippen molar-refractivity contribution in [3.63, 3.8) is 0 Å². The first-order valence-corrected chi connectivity index (χ1v) is 2.86. The molecule has 10 heavy (non-hydrogen) atoms. The van der Waals surface area contributed by atoms with Crippen molar-refractivity contribution in [1.82, 2.24) is 5.43 Å². The fourth-order valence-corrected chi connectivity index (χ4v) is 0.433. The van der Waals surface area contributed by atoms with E-state index in [0.717, 1.165) is 0 Å². The van der Waals surface area contributed by atoms with Gasteiger partial charge in [0.05, 0.1) is 6.04 Å². The maximum atomic E-state index is 11.8.